The molecule has 3 N–H and O–H groups in total. The highest BCUT2D eigenvalue weighted by atomic mass is 16.6. The van der Waals surface area contributed by atoms with Crippen LogP contribution in [0, 0.1) is 0 Å². The van der Waals surface area contributed by atoms with Gasteiger partial charge in [0.2, 0.25) is 11.8 Å². The Morgan fingerprint density at radius 2 is 1.41 bits per heavy atom. The van der Waals surface area contributed by atoms with Crippen molar-refractivity contribution in [3.63, 3.8) is 0 Å². The zero-order valence-corrected chi connectivity index (χ0v) is 15.7. The molecule has 0 unspecified atom stereocenters. The standard InChI is InChI=1S/C18H25N3O6/c1-18(2,3)27-16(24)11-20-14(22)9-19-15(23)10-21-17(25)26-12-13-7-5-4-6-8-13/h4-8H,9-12H2,1-3H3,(H,19,23)(H,20,22)(H,21,25). The second kappa shape index (κ2) is 10.8. The van der Waals surface area contributed by atoms with Gasteiger partial charge in [-0.1, -0.05) is 30.3 Å². The van der Waals surface area contributed by atoms with Crippen LogP contribution in [0.3, 0.4) is 0 Å². The Morgan fingerprint density at radius 3 is 2.00 bits per heavy atom. The summed E-state index contributed by atoms with van der Waals surface area (Å²) in [6, 6.07) is 9.08. The highest BCUT2D eigenvalue weighted by molar-refractivity contribution is 5.88. The number of benzene rings is 1. The summed E-state index contributed by atoms with van der Waals surface area (Å²) >= 11 is 0. The van der Waals surface area contributed by atoms with Gasteiger partial charge in [-0.25, -0.2) is 4.79 Å². The smallest absolute Gasteiger partial charge is 0.407 e. The number of hydrogen-bond acceptors (Lipinski definition) is 6. The fourth-order valence-electron chi connectivity index (χ4n) is 1.78. The molecule has 3 amide bonds. The molecule has 27 heavy (non-hydrogen) atoms. The summed E-state index contributed by atoms with van der Waals surface area (Å²) in [5.41, 5.74) is 0.176. The van der Waals surface area contributed by atoms with Crippen molar-refractivity contribution in [3.05, 3.63) is 35.9 Å². The van der Waals surface area contributed by atoms with Gasteiger partial charge in [0.05, 0.1) is 6.54 Å². The quantitative estimate of drug-likeness (QED) is 0.565. The number of esters is 1. The summed E-state index contributed by atoms with van der Waals surface area (Å²) in [6.45, 7) is 4.26. The van der Waals surface area contributed by atoms with Crippen molar-refractivity contribution in [1.82, 2.24) is 16.0 Å². The van der Waals surface area contributed by atoms with Crippen LogP contribution >= 0.6 is 0 Å². The first-order valence-electron chi connectivity index (χ1n) is 8.35. The molecule has 1 aromatic rings. The maximum absolute atomic E-state index is 11.6. The lowest BCUT2D eigenvalue weighted by atomic mass is 10.2. The number of carbonyl (C=O) groups is 4. The Morgan fingerprint density at radius 1 is 0.852 bits per heavy atom. The lowest BCUT2D eigenvalue weighted by molar-refractivity contribution is -0.154. The Hall–Kier alpha value is -3.10. The molecule has 1 rings (SSSR count). The lowest BCUT2D eigenvalue weighted by Gasteiger charge is -2.19. The highest BCUT2D eigenvalue weighted by Crippen LogP contribution is 2.06. The molecule has 0 saturated heterocycles. The molecule has 148 valence electrons. The molecule has 0 fully saturated rings. The zero-order chi connectivity index (χ0) is 20.3. The average Bonchev–Trinajstić information content (AvgIpc) is 2.60. The molecule has 0 aliphatic carbocycles. The van der Waals surface area contributed by atoms with Crippen molar-refractivity contribution in [2.75, 3.05) is 19.6 Å². The molecule has 0 aliphatic rings. The minimum Gasteiger partial charge on any atom is -0.459 e. The van der Waals surface area contributed by atoms with Gasteiger partial charge in [-0.05, 0) is 26.3 Å². The molecular weight excluding hydrogens is 354 g/mol. The van der Waals surface area contributed by atoms with Gasteiger partial charge in [0.25, 0.3) is 0 Å². The van der Waals surface area contributed by atoms with E-state index in [0.717, 1.165) is 5.56 Å². The topological polar surface area (TPSA) is 123 Å². The lowest BCUT2D eigenvalue weighted by Crippen LogP contribution is -2.43. The summed E-state index contributed by atoms with van der Waals surface area (Å²) in [6.07, 6.45) is -0.747. The highest BCUT2D eigenvalue weighted by Gasteiger charge is 2.16. The van der Waals surface area contributed by atoms with E-state index in [1.165, 1.54) is 0 Å². The van der Waals surface area contributed by atoms with Gasteiger partial charge in [0.15, 0.2) is 0 Å². The molecule has 0 atom stereocenters. The first-order chi connectivity index (χ1) is 12.7. The van der Waals surface area contributed by atoms with E-state index in [9.17, 15) is 19.2 Å². The molecule has 0 aromatic heterocycles. The molecule has 0 bridgehead atoms. The van der Waals surface area contributed by atoms with Gasteiger partial charge in [-0.3, -0.25) is 14.4 Å². The molecular formula is C18H25N3O6. The first kappa shape index (κ1) is 21.9. The maximum Gasteiger partial charge on any atom is 0.407 e. The Kier molecular flexibility index (Phi) is 8.77. The van der Waals surface area contributed by atoms with Gasteiger partial charge in [0, 0.05) is 0 Å². The molecule has 0 heterocycles. The third-order valence-corrected chi connectivity index (χ3v) is 2.90. The van der Waals surface area contributed by atoms with E-state index in [1.54, 1.807) is 32.9 Å². The van der Waals surface area contributed by atoms with Crippen LogP contribution < -0.4 is 16.0 Å². The van der Waals surface area contributed by atoms with E-state index < -0.39 is 29.5 Å². The fraction of sp³-hybridized carbons (Fsp3) is 0.444. The molecule has 9 heteroatoms. The number of amides is 3. The van der Waals surface area contributed by atoms with Crippen LogP contribution in [0.5, 0.6) is 0 Å². The monoisotopic (exact) mass is 379 g/mol. The van der Waals surface area contributed by atoms with Crippen molar-refractivity contribution in [3.8, 4) is 0 Å². The van der Waals surface area contributed by atoms with E-state index in [4.69, 9.17) is 9.47 Å². The van der Waals surface area contributed by atoms with Crippen molar-refractivity contribution in [2.45, 2.75) is 33.0 Å². The van der Waals surface area contributed by atoms with Crippen LogP contribution in [0.1, 0.15) is 26.3 Å². The molecule has 0 aliphatic heterocycles. The molecule has 0 spiro atoms. The van der Waals surface area contributed by atoms with E-state index in [1.807, 2.05) is 18.2 Å². The number of rotatable bonds is 8. The largest absolute Gasteiger partial charge is 0.459 e. The van der Waals surface area contributed by atoms with E-state index in [2.05, 4.69) is 16.0 Å². The van der Waals surface area contributed by atoms with Gasteiger partial charge in [-0.15, -0.1) is 0 Å². The van der Waals surface area contributed by atoms with Crippen LogP contribution in [-0.4, -0.2) is 49.1 Å². The minimum absolute atomic E-state index is 0.0847. The number of ether oxygens (including phenoxy) is 2. The molecule has 1 aromatic carbocycles. The van der Waals surface area contributed by atoms with Crippen molar-refractivity contribution in [1.29, 1.82) is 0 Å². The summed E-state index contributed by atoms with van der Waals surface area (Å²) in [7, 11) is 0. The fourth-order valence-corrected chi connectivity index (χ4v) is 1.78. The van der Waals surface area contributed by atoms with Crippen LogP contribution in [0.25, 0.3) is 0 Å². The third kappa shape index (κ3) is 11.2. The summed E-state index contributed by atoms with van der Waals surface area (Å²) in [4.78, 5) is 46.1. The SMILES string of the molecule is CC(C)(C)OC(=O)CNC(=O)CNC(=O)CNC(=O)OCc1ccccc1. The molecule has 0 saturated carbocycles. The Bertz CT molecular complexity index is 655. The molecule has 9 nitrogen and oxygen atoms in total. The second-order valence-electron chi connectivity index (χ2n) is 6.56. The number of hydrogen-bond donors (Lipinski definition) is 3. The van der Waals surface area contributed by atoms with Crippen LogP contribution in [0.2, 0.25) is 0 Å². The van der Waals surface area contributed by atoms with Gasteiger partial charge >= 0.3 is 12.1 Å². The Balaban J connectivity index is 2.14. The maximum atomic E-state index is 11.6. The number of alkyl carbamates (subject to hydrolysis) is 1. The molecule has 0 radical (unpaired) electrons. The number of nitrogens with one attached hydrogen (secondary N) is 3. The van der Waals surface area contributed by atoms with Crippen LogP contribution in [-0.2, 0) is 30.5 Å². The Labute approximate surface area is 157 Å². The van der Waals surface area contributed by atoms with Crippen molar-refractivity contribution >= 4 is 23.9 Å². The van der Waals surface area contributed by atoms with Crippen molar-refractivity contribution < 1.29 is 28.7 Å². The van der Waals surface area contributed by atoms with Gasteiger partial charge < -0.3 is 25.4 Å². The van der Waals surface area contributed by atoms with E-state index >= 15 is 0 Å². The van der Waals surface area contributed by atoms with E-state index in [0.29, 0.717) is 0 Å². The second-order valence-corrected chi connectivity index (χ2v) is 6.56. The normalized spacial score (nSPS) is 10.5. The summed E-state index contributed by atoms with van der Waals surface area (Å²) < 4.78 is 9.98. The zero-order valence-electron chi connectivity index (χ0n) is 15.7. The first-order valence-corrected chi connectivity index (χ1v) is 8.35. The van der Waals surface area contributed by atoms with Crippen LogP contribution in [0.4, 0.5) is 4.79 Å². The van der Waals surface area contributed by atoms with Gasteiger partial charge in [-0.2, -0.15) is 0 Å². The number of carbonyl (C=O) groups excluding carboxylic acids is 4. The van der Waals surface area contributed by atoms with Crippen LogP contribution in [0.15, 0.2) is 30.3 Å². The minimum atomic E-state index is -0.747. The summed E-state index contributed by atoms with van der Waals surface area (Å²) in [5.74, 6) is -1.70. The predicted molar refractivity (Wildman–Crippen MR) is 96.5 cm³/mol. The van der Waals surface area contributed by atoms with Crippen molar-refractivity contribution in [2.24, 2.45) is 0 Å². The summed E-state index contributed by atoms with van der Waals surface area (Å²) in [5, 5.41) is 6.91. The predicted octanol–water partition coefficient (Wildman–Crippen LogP) is 0.487. The van der Waals surface area contributed by atoms with Gasteiger partial charge in [0.1, 0.15) is 25.3 Å². The van der Waals surface area contributed by atoms with E-state index in [-0.39, 0.29) is 26.2 Å². The average molecular weight is 379 g/mol. The third-order valence-electron chi connectivity index (χ3n) is 2.90.